The van der Waals surface area contributed by atoms with Crippen molar-refractivity contribution in [3.8, 4) is 0 Å². The largest absolute Gasteiger partial charge is 0.374 e. The molecule has 2 atom stereocenters. The van der Waals surface area contributed by atoms with E-state index in [1.807, 2.05) is 0 Å². The van der Waals surface area contributed by atoms with Crippen LogP contribution in [-0.2, 0) is 24.3 Å². The fraction of sp³-hybridized carbons (Fsp3) is 0.680. The molecular weight excluding hydrogens is 454 g/mol. The number of rotatable bonds is 12. The van der Waals surface area contributed by atoms with Gasteiger partial charge in [-0.1, -0.05) is 63.6 Å². The van der Waals surface area contributed by atoms with E-state index < -0.39 is 22.2 Å². The molecular formula is C25H39N3O5S. The first-order valence-corrected chi connectivity index (χ1v) is 14.1. The van der Waals surface area contributed by atoms with Gasteiger partial charge in [0.15, 0.2) is 0 Å². The van der Waals surface area contributed by atoms with Gasteiger partial charge in [0, 0.05) is 26.1 Å². The highest BCUT2D eigenvalue weighted by atomic mass is 32.2. The Kier molecular flexibility index (Phi) is 10.3. The number of amides is 2. The Morgan fingerprint density at radius 3 is 2.62 bits per heavy atom. The number of morpholine rings is 1. The van der Waals surface area contributed by atoms with Crippen molar-refractivity contribution in [2.24, 2.45) is 5.92 Å². The number of carbonyl (C=O) groups is 2. The van der Waals surface area contributed by atoms with Crippen LogP contribution in [0.3, 0.4) is 0 Å². The van der Waals surface area contributed by atoms with Crippen molar-refractivity contribution in [3.63, 3.8) is 0 Å². The van der Waals surface area contributed by atoms with Crippen LogP contribution in [0.5, 0.6) is 0 Å². The second-order valence-corrected chi connectivity index (χ2v) is 11.3. The number of hydrogen-bond donors (Lipinski definition) is 2. The number of unbranched alkanes of at least 4 members (excludes halogenated alkanes) is 1. The lowest BCUT2D eigenvalue weighted by molar-refractivity contribution is -0.129. The number of sulfonamides is 1. The van der Waals surface area contributed by atoms with Gasteiger partial charge < -0.3 is 15.4 Å². The van der Waals surface area contributed by atoms with E-state index >= 15 is 0 Å². The second-order valence-electron chi connectivity index (χ2n) is 9.37. The molecule has 0 aromatic heterocycles. The molecule has 8 nitrogen and oxygen atoms in total. The average molecular weight is 494 g/mol. The highest BCUT2D eigenvalue weighted by Crippen LogP contribution is 2.28. The molecule has 1 heterocycles. The van der Waals surface area contributed by atoms with Gasteiger partial charge in [0.05, 0.1) is 17.6 Å². The van der Waals surface area contributed by atoms with Crippen molar-refractivity contribution in [2.45, 2.75) is 81.8 Å². The van der Waals surface area contributed by atoms with Crippen molar-refractivity contribution in [1.82, 2.24) is 14.9 Å². The molecule has 3 rings (SSSR count). The number of benzene rings is 1. The molecule has 2 aliphatic rings. The summed E-state index contributed by atoms with van der Waals surface area (Å²) >= 11 is 0. The SMILES string of the molecule is CCCC[C@H](NC(=O)CCC1CCCC1)C(=O)NCC1CN(S(=O)(=O)c2ccccc2)CCO1. The summed E-state index contributed by atoms with van der Waals surface area (Å²) in [5.74, 6) is 0.318. The zero-order chi connectivity index (χ0) is 24.4. The summed E-state index contributed by atoms with van der Waals surface area (Å²) in [6.07, 6.45) is 8.15. The third kappa shape index (κ3) is 7.78. The van der Waals surface area contributed by atoms with Crippen LogP contribution in [0.2, 0.25) is 0 Å². The normalized spacial score (nSPS) is 20.7. The molecule has 1 aromatic carbocycles. The van der Waals surface area contributed by atoms with Gasteiger partial charge in [-0.15, -0.1) is 0 Å². The van der Waals surface area contributed by atoms with Crippen molar-refractivity contribution >= 4 is 21.8 Å². The molecule has 1 aromatic rings. The lowest BCUT2D eigenvalue weighted by Crippen LogP contribution is -2.52. The number of ether oxygens (including phenoxy) is 1. The summed E-state index contributed by atoms with van der Waals surface area (Å²) in [4.78, 5) is 25.6. The van der Waals surface area contributed by atoms with Crippen LogP contribution in [0.15, 0.2) is 35.2 Å². The molecule has 0 radical (unpaired) electrons. The maximum absolute atomic E-state index is 12.9. The number of carbonyl (C=O) groups excluding carboxylic acids is 2. The molecule has 2 N–H and O–H groups in total. The van der Waals surface area contributed by atoms with Gasteiger partial charge in [0.1, 0.15) is 6.04 Å². The van der Waals surface area contributed by atoms with Gasteiger partial charge in [-0.05, 0) is 30.9 Å². The van der Waals surface area contributed by atoms with E-state index in [0.717, 1.165) is 19.3 Å². The third-order valence-corrected chi connectivity index (χ3v) is 8.62. The molecule has 1 saturated heterocycles. The molecule has 0 bridgehead atoms. The molecule has 9 heteroatoms. The minimum atomic E-state index is -3.61. The Labute approximate surface area is 203 Å². The molecule has 2 amide bonds. The summed E-state index contributed by atoms with van der Waals surface area (Å²) < 4.78 is 32.9. The predicted octanol–water partition coefficient (Wildman–Crippen LogP) is 2.84. The van der Waals surface area contributed by atoms with Crippen molar-refractivity contribution in [2.75, 3.05) is 26.2 Å². The number of nitrogens with one attached hydrogen (secondary N) is 2. The summed E-state index contributed by atoms with van der Waals surface area (Å²) in [7, 11) is -3.61. The molecule has 0 spiro atoms. The fourth-order valence-corrected chi connectivity index (χ4v) is 6.17. The van der Waals surface area contributed by atoms with Crippen LogP contribution >= 0.6 is 0 Å². The third-order valence-electron chi connectivity index (χ3n) is 6.74. The van der Waals surface area contributed by atoms with E-state index in [-0.39, 0.29) is 43.0 Å². The van der Waals surface area contributed by atoms with E-state index in [9.17, 15) is 18.0 Å². The van der Waals surface area contributed by atoms with E-state index in [0.29, 0.717) is 18.8 Å². The molecule has 190 valence electrons. The molecule has 1 unspecified atom stereocenters. The van der Waals surface area contributed by atoms with Crippen LogP contribution in [0.4, 0.5) is 0 Å². The summed E-state index contributed by atoms with van der Waals surface area (Å²) in [5, 5.41) is 5.80. The summed E-state index contributed by atoms with van der Waals surface area (Å²) in [6.45, 7) is 2.96. The highest BCUT2D eigenvalue weighted by molar-refractivity contribution is 7.89. The van der Waals surface area contributed by atoms with Crippen LogP contribution in [0.25, 0.3) is 0 Å². The first kappa shape index (κ1) is 26.6. The first-order valence-electron chi connectivity index (χ1n) is 12.6. The van der Waals surface area contributed by atoms with Gasteiger partial charge in [-0.2, -0.15) is 4.31 Å². The Balaban J connectivity index is 1.50. The zero-order valence-corrected chi connectivity index (χ0v) is 21.0. The predicted molar refractivity (Wildman–Crippen MR) is 131 cm³/mol. The summed E-state index contributed by atoms with van der Waals surface area (Å²) in [5.41, 5.74) is 0. The monoisotopic (exact) mass is 493 g/mol. The van der Waals surface area contributed by atoms with Crippen LogP contribution in [0.1, 0.15) is 64.7 Å². The van der Waals surface area contributed by atoms with E-state index in [1.54, 1.807) is 30.3 Å². The highest BCUT2D eigenvalue weighted by Gasteiger charge is 2.31. The molecule has 34 heavy (non-hydrogen) atoms. The molecule has 1 aliphatic carbocycles. The van der Waals surface area contributed by atoms with Crippen LogP contribution in [-0.4, -0.2) is 62.9 Å². The van der Waals surface area contributed by atoms with Gasteiger partial charge in [0.2, 0.25) is 21.8 Å². The number of nitrogens with zero attached hydrogens (tertiary/aromatic N) is 1. The second kappa shape index (κ2) is 13.2. The van der Waals surface area contributed by atoms with Crippen molar-refractivity contribution in [3.05, 3.63) is 30.3 Å². The Hall–Kier alpha value is -1.97. The molecule has 1 aliphatic heterocycles. The molecule has 2 fully saturated rings. The average Bonchev–Trinajstić information content (AvgIpc) is 3.38. The number of hydrogen-bond acceptors (Lipinski definition) is 5. The van der Waals surface area contributed by atoms with Crippen molar-refractivity contribution in [1.29, 1.82) is 0 Å². The lowest BCUT2D eigenvalue weighted by atomic mass is 10.0. The smallest absolute Gasteiger partial charge is 0.243 e. The van der Waals surface area contributed by atoms with Gasteiger partial charge >= 0.3 is 0 Å². The molecule has 1 saturated carbocycles. The van der Waals surface area contributed by atoms with E-state index in [2.05, 4.69) is 17.6 Å². The van der Waals surface area contributed by atoms with Crippen molar-refractivity contribution < 1.29 is 22.7 Å². The Bertz CT molecular complexity index is 887. The van der Waals surface area contributed by atoms with Gasteiger partial charge in [0.25, 0.3) is 0 Å². The van der Waals surface area contributed by atoms with Crippen LogP contribution < -0.4 is 10.6 Å². The Morgan fingerprint density at radius 1 is 1.18 bits per heavy atom. The quantitative estimate of drug-likeness (QED) is 0.466. The van der Waals surface area contributed by atoms with E-state index in [4.69, 9.17) is 4.74 Å². The fourth-order valence-electron chi connectivity index (χ4n) is 4.69. The summed E-state index contributed by atoms with van der Waals surface area (Å²) in [6, 6.07) is 7.75. The van der Waals surface area contributed by atoms with Gasteiger partial charge in [-0.3, -0.25) is 9.59 Å². The van der Waals surface area contributed by atoms with Crippen LogP contribution in [0, 0.1) is 5.92 Å². The minimum Gasteiger partial charge on any atom is -0.374 e. The van der Waals surface area contributed by atoms with Gasteiger partial charge in [-0.25, -0.2) is 8.42 Å². The maximum atomic E-state index is 12.9. The minimum absolute atomic E-state index is 0.0720. The maximum Gasteiger partial charge on any atom is 0.243 e. The topological polar surface area (TPSA) is 105 Å². The first-order chi connectivity index (χ1) is 16.4. The van der Waals surface area contributed by atoms with E-state index in [1.165, 1.54) is 30.0 Å². The Morgan fingerprint density at radius 2 is 1.91 bits per heavy atom. The zero-order valence-electron chi connectivity index (χ0n) is 20.2. The standard InChI is InChI=1S/C25H39N3O5S/c1-2-3-13-23(27-24(29)15-14-20-9-7-8-10-20)25(30)26-18-21-19-28(16-17-33-21)34(31,32)22-11-5-4-6-12-22/h4-6,11-12,20-21,23H,2-3,7-10,13-19H2,1H3,(H,26,30)(H,27,29)/t21?,23-/m0/s1. The lowest BCUT2D eigenvalue weighted by Gasteiger charge is -2.32.